The Hall–Kier alpha value is -1.81. The Labute approximate surface area is 104 Å². The lowest BCUT2D eigenvalue weighted by molar-refractivity contribution is 0.102. The summed E-state index contributed by atoms with van der Waals surface area (Å²) in [7, 11) is 0. The van der Waals surface area contributed by atoms with Gasteiger partial charge in [-0.05, 0) is 42.6 Å². The largest absolute Gasteiger partial charge is 0.494 e. The van der Waals surface area contributed by atoms with Crippen molar-refractivity contribution in [3.63, 3.8) is 0 Å². The fourth-order valence-corrected chi connectivity index (χ4v) is 2.03. The summed E-state index contributed by atoms with van der Waals surface area (Å²) in [5.41, 5.74) is 1.45. The number of amides is 1. The zero-order valence-electron chi connectivity index (χ0n) is 9.47. The number of rotatable bonds is 4. The molecule has 0 bridgehead atoms. The molecular formula is C13H13NO2S. The molecule has 88 valence electrons. The van der Waals surface area contributed by atoms with Gasteiger partial charge in [0.25, 0.3) is 5.91 Å². The smallest absolute Gasteiger partial charge is 0.256 e. The number of thiophene rings is 1. The van der Waals surface area contributed by atoms with Gasteiger partial charge in [-0.25, -0.2) is 0 Å². The Balaban J connectivity index is 2.01. The van der Waals surface area contributed by atoms with E-state index < -0.39 is 0 Å². The van der Waals surface area contributed by atoms with Crippen LogP contribution in [0.5, 0.6) is 5.75 Å². The zero-order chi connectivity index (χ0) is 12.1. The molecule has 0 saturated carbocycles. The SMILES string of the molecule is CCOc1ccc(NC(=O)c2ccsc2)cc1. The number of benzene rings is 1. The van der Waals surface area contributed by atoms with Crippen LogP contribution < -0.4 is 10.1 Å². The van der Waals surface area contributed by atoms with Crippen molar-refractivity contribution in [2.24, 2.45) is 0 Å². The molecule has 1 heterocycles. The summed E-state index contributed by atoms with van der Waals surface area (Å²) in [6.45, 7) is 2.58. The van der Waals surface area contributed by atoms with E-state index in [1.807, 2.05) is 41.9 Å². The molecule has 0 fully saturated rings. The Kier molecular flexibility index (Phi) is 3.77. The zero-order valence-corrected chi connectivity index (χ0v) is 10.3. The van der Waals surface area contributed by atoms with Gasteiger partial charge in [-0.1, -0.05) is 0 Å². The Morgan fingerprint density at radius 2 is 2.06 bits per heavy atom. The van der Waals surface area contributed by atoms with E-state index in [0.717, 1.165) is 11.4 Å². The molecule has 17 heavy (non-hydrogen) atoms. The van der Waals surface area contributed by atoms with Gasteiger partial charge in [0, 0.05) is 11.1 Å². The van der Waals surface area contributed by atoms with Crippen LogP contribution in [0.3, 0.4) is 0 Å². The van der Waals surface area contributed by atoms with Gasteiger partial charge in [0.05, 0.1) is 12.2 Å². The summed E-state index contributed by atoms with van der Waals surface area (Å²) in [5.74, 6) is 0.719. The molecule has 2 rings (SSSR count). The second-order valence-corrected chi connectivity index (χ2v) is 4.20. The van der Waals surface area contributed by atoms with Crippen molar-refractivity contribution in [2.75, 3.05) is 11.9 Å². The van der Waals surface area contributed by atoms with Gasteiger partial charge < -0.3 is 10.1 Å². The van der Waals surface area contributed by atoms with Gasteiger partial charge in [0.1, 0.15) is 5.75 Å². The van der Waals surface area contributed by atoms with E-state index in [9.17, 15) is 4.79 Å². The topological polar surface area (TPSA) is 38.3 Å². The lowest BCUT2D eigenvalue weighted by Gasteiger charge is -2.06. The summed E-state index contributed by atoms with van der Waals surface area (Å²) in [4.78, 5) is 11.8. The highest BCUT2D eigenvalue weighted by atomic mass is 32.1. The minimum Gasteiger partial charge on any atom is -0.494 e. The van der Waals surface area contributed by atoms with Crippen molar-refractivity contribution in [2.45, 2.75) is 6.92 Å². The Morgan fingerprint density at radius 3 is 2.65 bits per heavy atom. The van der Waals surface area contributed by atoms with Crippen LogP contribution in [0.15, 0.2) is 41.1 Å². The van der Waals surface area contributed by atoms with Crippen LogP contribution in [0.25, 0.3) is 0 Å². The average Bonchev–Trinajstić information content (AvgIpc) is 2.86. The predicted molar refractivity (Wildman–Crippen MR) is 69.9 cm³/mol. The fourth-order valence-electron chi connectivity index (χ4n) is 1.40. The molecule has 0 spiro atoms. The van der Waals surface area contributed by atoms with Gasteiger partial charge in [-0.3, -0.25) is 4.79 Å². The molecule has 0 aliphatic heterocycles. The van der Waals surface area contributed by atoms with Crippen LogP contribution in [0.4, 0.5) is 5.69 Å². The minimum absolute atomic E-state index is 0.0876. The first-order valence-electron chi connectivity index (χ1n) is 5.36. The highest BCUT2D eigenvalue weighted by Crippen LogP contribution is 2.16. The van der Waals surface area contributed by atoms with Gasteiger partial charge in [0.2, 0.25) is 0 Å². The van der Waals surface area contributed by atoms with Crippen LogP contribution >= 0.6 is 11.3 Å². The first-order valence-corrected chi connectivity index (χ1v) is 6.30. The Bertz CT molecular complexity index is 477. The summed E-state index contributed by atoms with van der Waals surface area (Å²) in [6.07, 6.45) is 0. The minimum atomic E-state index is -0.0876. The van der Waals surface area contributed by atoms with Crippen molar-refractivity contribution in [1.82, 2.24) is 0 Å². The maximum Gasteiger partial charge on any atom is 0.256 e. The molecule has 4 heteroatoms. The summed E-state index contributed by atoms with van der Waals surface area (Å²) >= 11 is 1.51. The second-order valence-electron chi connectivity index (χ2n) is 3.42. The average molecular weight is 247 g/mol. The van der Waals surface area contributed by atoms with Crippen molar-refractivity contribution in [3.8, 4) is 5.75 Å². The van der Waals surface area contributed by atoms with Crippen LogP contribution in [0.1, 0.15) is 17.3 Å². The summed E-state index contributed by atoms with van der Waals surface area (Å²) in [6, 6.07) is 9.14. The van der Waals surface area contributed by atoms with E-state index in [2.05, 4.69) is 5.32 Å². The van der Waals surface area contributed by atoms with E-state index in [0.29, 0.717) is 12.2 Å². The maximum atomic E-state index is 11.8. The molecular weight excluding hydrogens is 234 g/mol. The highest BCUT2D eigenvalue weighted by molar-refractivity contribution is 7.08. The first-order chi connectivity index (χ1) is 8.29. The standard InChI is InChI=1S/C13H13NO2S/c1-2-16-12-5-3-11(4-6-12)14-13(15)10-7-8-17-9-10/h3-9H,2H2,1H3,(H,14,15). The molecule has 0 aliphatic carbocycles. The molecule has 0 saturated heterocycles. The van der Waals surface area contributed by atoms with Gasteiger partial charge in [0.15, 0.2) is 0 Å². The molecule has 2 aromatic rings. The van der Waals surface area contributed by atoms with E-state index >= 15 is 0 Å². The van der Waals surface area contributed by atoms with Crippen molar-refractivity contribution in [3.05, 3.63) is 46.7 Å². The van der Waals surface area contributed by atoms with Gasteiger partial charge in [-0.2, -0.15) is 11.3 Å². The molecule has 0 unspecified atom stereocenters. The summed E-state index contributed by atoms with van der Waals surface area (Å²) in [5, 5.41) is 6.53. The van der Waals surface area contributed by atoms with E-state index in [4.69, 9.17) is 4.74 Å². The van der Waals surface area contributed by atoms with Crippen molar-refractivity contribution >= 4 is 22.9 Å². The number of hydrogen-bond donors (Lipinski definition) is 1. The van der Waals surface area contributed by atoms with Crippen molar-refractivity contribution in [1.29, 1.82) is 0 Å². The number of ether oxygens (including phenoxy) is 1. The highest BCUT2D eigenvalue weighted by Gasteiger charge is 2.05. The fraction of sp³-hybridized carbons (Fsp3) is 0.154. The van der Waals surface area contributed by atoms with Crippen molar-refractivity contribution < 1.29 is 9.53 Å². The van der Waals surface area contributed by atoms with E-state index in [1.54, 1.807) is 6.07 Å². The molecule has 0 atom stereocenters. The molecule has 0 radical (unpaired) electrons. The third-order valence-electron chi connectivity index (χ3n) is 2.21. The molecule has 1 aromatic carbocycles. The number of carbonyl (C=O) groups is 1. The van der Waals surface area contributed by atoms with Crippen LogP contribution in [-0.4, -0.2) is 12.5 Å². The van der Waals surface area contributed by atoms with Crippen LogP contribution in [0.2, 0.25) is 0 Å². The van der Waals surface area contributed by atoms with Gasteiger partial charge >= 0.3 is 0 Å². The van der Waals surface area contributed by atoms with Crippen LogP contribution in [0, 0.1) is 0 Å². The molecule has 1 aromatic heterocycles. The normalized spacial score (nSPS) is 9.94. The third kappa shape index (κ3) is 3.07. The Morgan fingerprint density at radius 1 is 1.29 bits per heavy atom. The molecule has 0 aliphatic rings. The van der Waals surface area contributed by atoms with E-state index in [1.165, 1.54) is 11.3 Å². The second kappa shape index (κ2) is 5.50. The van der Waals surface area contributed by atoms with E-state index in [-0.39, 0.29) is 5.91 Å². The third-order valence-corrected chi connectivity index (χ3v) is 2.89. The number of anilines is 1. The monoisotopic (exact) mass is 247 g/mol. The molecule has 3 nitrogen and oxygen atoms in total. The lowest BCUT2D eigenvalue weighted by Crippen LogP contribution is -2.10. The van der Waals surface area contributed by atoms with Gasteiger partial charge in [-0.15, -0.1) is 0 Å². The predicted octanol–water partition coefficient (Wildman–Crippen LogP) is 3.40. The molecule has 1 amide bonds. The number of hydrogen-bond acceptors (Lipinski definition) is 3. The first kappa shape index (κ1) is 11.7. The maximum absolute atomic E-state index is 11.8. The number of nitrogens with one attached hydrogen (secondary N) is 1. The molecule has 1 N–H and O–H groups in total. The number of carbonyl (C=O) groups excluding carboxylic acids is 1. The lowest BCUT2D eigenvalue weighted by atomic mass is 10.2. The quantitative estimate of drug-likeness (QED) is 0.899. The van der Waals surface area contributed by atoms with Crippen LogP contribution in [-0.2, 0) is 0 Å². The summed E-state index contributed by atoms with van der Waals surface area (Å²) < 4.78 is 5.33.